The molecule has 1 unspecified atom stereocenters. The first-order valence-electron chi connectivity index (χ1n) is 9.96. The Balaban J connectivity index is 1.74. The van der Waals surface area contributed by atoms with Crippen molar-refractivity contribution in [1.82, 2.24) is 14.9 Å². The molecular formula is C22H27N3O4S. The molecule has 2 N–H and O–H groups in total. The van der Waals surface area contributed by atoms with Gasteiger partial charge in [0.1, 0.15) is 0 Å². The number of nitrogens with zero attached hydrogens (tertiary/aromatic N) is 1. The zero-order valence-corrected chi connectivity index (χ0v) is 18.2. The highest BCUT2D eigenvalue weighted by Crippen LogP contribution is 2.21. The van der Waals surface area contributed by atoms with Gasteiger partial charge in [-0.1, -0.05) is 44.2 Å². The number of sulfonamides is 1. The van der Waals surface area contributed by atoms with Crippen LogP contribution in [0.3, 0.4) is 0 Å². The number of benzene rings is 2. The van der Waals surface area contributed by atoms with Gasteiger partial charge in [-0.25, -0.2) is 8.42 Å². The normalized spacial score (nSPS) is 16.2. The first-order valence-corrected chi connectivity index (χ1v) is 11.4. The molecule has 8 heteroatoms. The van der Waals surface area contributed by atoms with Crippen molar-refractivity contribution in [3.8, 4) is 0 Å². The number of carbonyl (C=O) groups excluding carboxylic acids is 2. The molecule has 7 nitrogen and oxygen atoms in total. The molecule has 2 aromatic rings. The number of nitrogens with one attached hydrogen (secondary N) is 2. The molecule has 1 fully saturated rings. The van der Waals surface area contributed by atoms with Gasteiger partial charge in [0.05, 0.1) is 17.5 Å². The second-order valence-corrected chi connectivity index (χ2v) is 9.67. The highest BCUT2D eigenvalue weighted by atomic mass is 32.2. The van der Waals surface area contributed by atoms with Crippen LogP contribution in [-0.2, 0) is 14.8 Å². The van der Waals surface area contributed by atoms with E-state index in [1.165, 1.54) is 23.8 Å². The Labute approximate surface area is 177 Å². The predicted molar refractivity (Wildman–Crippen MR) is 115 cm³/mol. The lowest BCUT2D eigenvalue weighted by molar-refractivity contribution is -0.122. The minimum absolute atomic E-state index is 0.00112. The smallest absolute Gasteiger partial charge is 0.251 e. The first-order chi connectivity index (χ1) is 14.2. The van der Waals surface area contributed by atoms with Gasteiger partial charge < -0.3 is 10.6 Å². The van der Waals surface area contributed by atoms with Crippen molar-refractivity contribution in [2.75, 3.05) is 19.6 Å². The van der Waals surface area contributed by atoms with Gasteiger partial charge in [-0.05, 0) is 42.2 Å². The summed E-state index contributed by atoms with van der Waals surface area (Å²) in [6, 6.07) is 13.7. The average Bonchev–Trinajstić information content (AvgIpc) is 2.73. The van der Waals surface area contributed by atoms with E-state index in [2.05, 4.69) is 24.5 Å². The molecule has 1 saturated heterocycles. The minimum Gasteiger partial charge on any atom is -0.354 e. The number of rotatable bonds is 6. The van der Waals surface area contributed by atoms with Crippen molar-refractivity contribution in [1.29, 1.82) is 0 Å². The second-order valence-electron chi connectivity index (χ2n) is 7.73. The molecule has 0 saturated carbocycles. The summed E-state index contributed by atoms with van der Waals surface area (Å²) >= 11 is 0. The fourth-order valence-corrected chi connectivity index (χ4v) is 4.74. The molecule has 1 aliphatic heterocycles. The Morgan fingerprint density at radius 2 is 1.73 bits per heavy atom. The van der Waals surface area contributed by atoms with E-state index in [-0.39, 0.29) is 47.9 Å². The number of amides is 2. The van der Waals surface area contributed by atoms with Crippen LogP contribution in [0.25, 0.3) is 0 Å². The van der Waals surface area contributed by atoms with Crippen LogP contribution in [0.15, 0.2) is 53.4 Å². The van der Waals surface area contributed by atoms with Crippen molar-refractivity contribution in [2.24, 2.45) is 0 Å². The topological polar surface area (TPSA) is 95.6 Å². The number of hydrogen-bond donors (Lipinski definition) is 2. The summed E-state index contributed by atoms with van der Waals surface area (Å²) in [6.45, 7) is 6.38. The van der Waals surface area contributed by atoms with E-state index in [1.807, 2.05) is 31.2 Å². The molecule has 2 aromatic carbocycles. The van der Waals surface area contributed by atoms with Crippen LogP contribution in [0.4, 0.5) is 0 Å². The maximum atomic E-state index is 12.9. The molecule has 160 valence electrons. The summed E-state index contributed by atoms with van der Waals surface area (Å²) in [5.74, 6) is -0.264. The Morgan fingerprint density at radius 1 is 1.07 bits per heavy atom. The van der Waals surface area contributed by atoms with Gasteiger partial charge >= 0.3 is 0 Å². The Bertz CT molecular complexity index is 1030. The van der Waals surface area contributed by atoms with Crippen molar-refractivity contribution < 1.29 is 18.0 Å². The summed E-state index contributed by atoms with van der Waals surface area (Å²) in [4.78, 5) is 24.3. The van der Waals surface area contributed by atoms with E-state index >= 15 is 0 Å². The molecule has 1 atom stereocenters. The van der Waals surface area contributed by atoms with Gasteiger partial charge in [0.15, 0.2) is 0 Å². The number of carbonyl (C=O) groups is 2. The molecule has 3 rings (SSSR count). The highest BCUT2D eigenvalue weighted by Gasteiger charge is 2.29. The highest BCUT2D eigenvalue weighted by molar-refractivity contribution is 7.89. The van der Waals surface area contributed by atoms with Gasteiger partial charge in [-0.2, -0.15) is 4.31 Å². The van der Waals surface area contributed by atoms with Gasteiger partial charge in [-0.15, -0.1) is 0 Å². The fourth-order valence-electron chi connectivity index (χ4n) is 3.30. The van der Waals surface area contributed by atoms with E-state index in [4.69, 9.17) is 0 Å². The van der Waals surface area contributed by atoms with Crippen LogP contribution in [0.5, 0.6) is 0 Å². The number of hydrogen-bond acceptors (Lipinski definition) is 4. The molecule has 0 aromatic heterocycles. The monoisotopic (exact) mass is 429 g/mol. The Hall–Kier alpha value is -2.71. The third-order valence-corrected chi connectivity index (χ3v) is 7.03. The average molecular weight is 430 g/mol. The summed E-state index contributed by atoms with van der Waals surface area (Å²) < 4.78 is 26.8. The summed E-state index contributed by atoms with van der Waals surface area (Å²) in [5.41, 5.74) is 2.45. The molecular weight excluding hydrogens is 402 g/mol. The molecule has 1 aliphatic rings. The van der Waals surface area contributed by atoms with Crippen LogP contribution in [-0.4, -0.2) is 44.2 Å². The molecule has 0 spiro atoms. The van der Waals surface area contributed by atoms with E-state index in [0.717, 1.165) is 9.87 Å². The van der Waals surface area contributed by atoms with E-state index in [9.17, 15) is 18.0 Å². The number of piperazine rings is 1. The van der Waals surface area contributed by atoms with E-state index in [1.54, 1.807) is 6.07 Å². The van der Waals surface area contributed by atoms with Crippen LogP contribution in [0.2, 0.25) is 0 Å². The predicted octanol–water partition coefficient (Wildman–Crippen LogP) is 2.42. The third-order valence-electron chi connectivity index (χ3n) is 5.19. The van der Waals surface area contributed by atoms with Gasteiger partial charge in [0.25, 0.3) is 5.91 Å². The largest absolute Gasteiger partial charge is 0.354 e. The van der Waals surface area contributed by atoms with Crippen molar-refractivity contribution in [3.05, 3.63) is 65.2 Å². The van der Waals surface area contributed by atoms with Gasteiger partial charge in [0.2, 0.25) is 15.9 Å². The second kappa shape index (κ2) is 8.97. The minimum atomic E-state index is -3.85. The molecule has 0 radical (unpaired) electrons. The SMILES string of the molecule is CC(C)c1ccc(C(C)NC(=O)c2cccc(S(=O)(=O)N3CCNC(=O)C3)c2)cc1. The van der Waals surface area contributed by atoms with E-state index < -0.39 is 10.0 Å². The van der Waals surface area contributed by atoms with Gasteiger partial charge in [-0.3, -0.25) is 9.59 Å². The lowest BCUT2D eigenvalue weighted by Gasteiger charge is -2.26. The molecule has 30 heavy (non-hydrogen) atoms. The lowest BCUT2D eigenvalue weighted by Crippen LogP contribution is -2.49. The molecule has 0 aliphatic carbocycles. The summed E-state index contributed by atoms with van der Waals surface area (Å²) in [6.07, 6.45) is 0. The first kappa shape index (κ1) is 22.0. The quantitative estimate of drug-likeness (QED) is 0.737. The van der Waals surface area contributed by atoms with Crippen molar-refractivity contribution in [3.63, 3.8) is 0 Å². The van der Waals surface area contributed by atoms with Crippen LogP contribution < -0.4 is 10.6 Å². The Kier molecular flexibility index (Phi) is 6.58. The van der Waals surface area contributed by atoms with Crippen LogP contribution in [0.1, 0.15) is 54.2 Å². The van der Waals surface area contributed by atoms with Crippen LogP contribution >= 0.6 is 0 Å². The summed E-state index contributed by atoms with van der Waals surface area (Å²) in [7, 11) is -3.85. The zero-order valence-electron chi connectivity index (χ0n) is 17.4. The molecule has 2 amide bonds. The Morgan fingerprint density at radius 3 is 2.37 bits per heavy atom. The fraction of sp³-hybridized carbons (Fsp3) is 0.364. The molecule has 0 bridgehead atoms. The molecule has 1 heterocycles. The van der Waals surface area contributed by atoms with Crippen molar-refractivity contribution in [2.45, 2.75) is 37.6 Å². The zero-order chi connectivity index (χ0) is 21.9. The third kappa shape index (κ3) is 4.88. The van der Waals surface area contributed by atoms with E-state index in [0.29, 0.717) is 5.92 Å². The van der Waals surface area contributed by atoms with Gasteiger partial charge in [0, 0.05) is 18.7 Å². The maximum Gasteiger partial charge on any atom is 0.251 e. The van der Waals surface area contributed by atoms with Crippen molar-refractivity contribution >= 4 is 21.8 Å². The van der Waals surface area contributed by atoms with Crippen LogP contribution in [0, 0.1) is 0 Å². The standard InChI is InChI=1S/C22H27N3O4S/c1-15(2)17-7-9-18(10-8-17)16(3)24-22(27)19-5-4-6-20(13-19)30(28,29)25-12-11-23-21(26)14-25/h4-10,13,15-16H,11-12,14H2,1-3H3,(H,23,26)(H,24,27). The maximum absolute atomic E-state index is 12.9. The summed E-state index contributed by atoms with van der Waals surface area (Å²) in [5, 5.41) is 5.52. The lowest BCUT2D eigenvalue weighted by atomic mass is 9.99.